The molecule has 0 unspecified atom stereocenters. The molecular weight excluding hydrogens is 929 g/mol. The number of nitrogens with two attached hydrogens (primary N) is 5. The summed E-state index contributed by atoms with van der Waals surface area (Å²) in [5.74, 6) is -2.74. The van der Waals surface area contributed by atoms with Gasteiger partial charge in [0.05, 0.1) is 11.7 Å². The Balaban J connectivity index is 0.000000287. The van der Waals surface area contributed by atoms with E-state index >= 15 is 0 Å². The monoisotopic (exact) mass is 958 g/mol. The third-order valence-electron chi connectivity index (χ3n) is 7.34. The van der Waals surface area contributed by atoms with Crippen molar-refractivity contribution in [3.05, 3.63) is 95.0 Å². The van der Waals surface area contributed by atoms with Crippen LogP contribution in [0.15, 0.2) is 51.4 Å². The number of hydrogen-bond donors (Lipinski definition) is 10. The number of fused-ring (bicyclic) bond motifs is 3. The first-order valence-corrected chi connectivity index (χ1v) is 16.9. The van der Waals surface area contributed by atoms with Gasteiger partial charge >= 0.3 is 59.2 Å². The van der Waals surface area contributed by atoms with Crippen molar-refractivity contribution in [3.63, 3.8) is 0 Å². The van der Waals surface area contributed by atoms with E-state index in [0.717, 1.165) is 47.1 Å². The zero-order valence-electron chi connectivity index (χ0n) is 34.8. The summed E-state index contributed by atoms with van der Waals surface area (Å²) in [5, 5.41) is 47.2. The van der Waals surface area contributed by atoms with E-state index < -0.39 is 47.1 Å². The quantitative estimate of drug-likeness (QED) is 0.0340. The van der Waals surface area contributed by atoms with Crippen LogP contribution in [0.3, 0.4) is 0 Å². The minimum atomic E-state index is -0.875. The molecule has 0 bridgehead atoms. The molecule has 15 N–H and O–H groups in total. The molecule has 8 aromatic heterocycles. The topological polar surface area (TPSA) is 602 Å². The van der Waals surface area contributed by atoms with E-state index in [1.54, 1.807) is 0 Å². The van der Waals surface area contributed by atoms with Crippen molar-refractivity contribution in [2.45, 2.75) is 0 Å². The van der Waals surface area contributed by atoms with E-state index in [0.29, 0.717) is 11.2 Å². The molecule has 40 nitrogen and oxygen atoms in total. The van der Waals surface area contributed by atoms with Gasteiger partial charge in [-0.25, -0.2) is 67.8 Å². The molecule has 68 heavy (non-hydrogen) atoms. The average molecular weight is 959 g/mol. The van der Waals surface area contributed by atoms with Crippen LogP contribution in [0.2, 0.25) is 0 Å². The number of nitrogens with zero attached hydrogens (tertiary/aromatic N) is 19. The molecule has 0 saturated carbocycles. The zero-order chi connectivity index (χ0) is 50.1. The number of aromatic amines is 3. The molecule has 8 rings (SSSR count). The first kappa shape index (κ1) is 53.8. The fourth-order valence-electron chi connectivity index (χ4n) is 4.40. The summed E-state index contributed by atoms with van der Waals surface area (Å²) >= 11 is 0. The Morgan fingerprint density at radius 3 is 1.81 bits per heavy atom. The third kappa shape index (κ3) is 12.7. The minimum Gasteiger partial charge on any atom is -0.444 e. The summed E-state index contributed by atoms with van der Waals surface area (Å²) in [7, 11) is 4.26. The average Bonchev–Trinajstić information content (AvgIpc) is 4.15. The second kappa shape index (κ2) is 24.5. The molecule has 0 aliphatic heterocycles. The van der Waals surface area contributed by atoms with Crippen molar-refractivity contribution in [1.82, 2.24) is 104 Å². The van der Waals surface area contributed by atoms with Crippen LogP contribution in [0, 0.1) is 15.5 Å². The van der Waals surface area contributed by atoms with Gasteiger partial charge in [-0.05, 0) is 0 Å². The number of carbonyl (C=O) groups excluding carboxylic acids is 6. The molecule has 8 heterocycles. The van der Waals surface area contributed by atoms with Crippen molar-refractivity contribution in [3.8, 4) is 0 Å². The summed E-state index contributed by atoms with van der Waals surface area (Å²) in [4.78, 5) is 130. The largest absolute Gasteiger partial charge is 1.00 e. The number of rotatable bonds is 3. The molecule has 0 spiro atoms. The Morgan fingerprint density at radius 1 is 0.735 bits per heavy atom. The molecule has 8 aromatic rings. The van der Waals surface area contributed by atoms with Crippen molar-refractivity contribution in [2.75, 3.05) is 19.8 Å². The van der Waals surface area contributed by atoms with Crippen molar-refractivity contribution < 1.29 is 58.3 Å². The number of amides is 6. The number of aromatic nitrogens is 19. The smallest absolute Gasteiger partial charge is 0.444 e. The predicted octanol–water partition coefficient (Wildman–Crippen LogP) is -8.94. The number of carbonyl (C=O) groups is 6. The van der Waals surface area contributed by atoms with Gasteiger partial charge in [0.15, 0.2) is 40.0 Å². The number of nitrogen functional groups attached to an aromatic ring is 1. The van der Waals surface area contributed by atoms with Gasteiger partial charge in [-0.2, -0.15) is 4.68 Å². The molecular formula is C27H29N29NaO11+. The van der Waals surface area contributed by atoms with Crippen LogP contribution in [-0.2, 0) is 7.05 Å². The Kier molecular flexibility index (Phi) is 19.4. The number of nitrogens with one attached hydrogen (secondary N) is 5. The molecule has 0 atom stereocenters. The van der Waals surface area contributed by atoms with Gasteiger partial charge in [0.2, 0.25) is 11.3 Å². The maximum atomic E-state index is 11.4. The molecule has 0 radical (unpaired) electrons. The van der Waals surface area contributed by atoms with Crippen molar-refractivity contribution in [1.29, 1.82) is 5.39 Å². The van der Waals surface area contributed by atoms with E-state index in [2.05, 4.69) is 86.6 Å². The van der Waals surface area contributed by atoms with Gasteiger partial charge in [-0.3, -0.25) is 24.0 Å². The van der Waals surface area contributed by atoms with Crippen LogP contribution < -0.4 is 85.7 Å². The molecule has 0 aliphatic carbocycles. The van der Waals surface area contributed by atoms with Crippen molar-refractivity contribution >= 4 is 75.4 Å². The van der Waals surface area contributed by atoms with Gasteiger partial charge < -0.3 is 54.4 Å². The molecule has 0 aliphatic rings. The van der Waals surface area contributed by atoms with Gasteiger partial charge in [0.25, 0.3) is 28.8 Å². The Hall–Kier alpha value is -10.3. The normalized spacial score (nSPS) is 9.62. The summed E-state index contributed by atoms with van der Waals surface area (Å²) in [5.41, 5.74) is 24.5. The van der Waals surface area contributed by atoms with Gasteiger partial charge in [-0.1, -0.05) is 15.6 Å². The first-order valence-electron chi connectivity index (χ1n) is 16.9. The summed E-state index contributed by atoms with van der Waals surface area (Å²) < 4.78 is 4.93. The summed E-state index contributed by atoms with van der Waals surface area (Å²) in [6, 6.07) is -1.82. The number of hydrogen-bond acceptors (Lipinski definition) is 25. The third-order valence-corrected chi connectivity index (χ3v) is 7.34. The second-order valence-corrected chi connectivity index (χ2v) is 11.3. The second-order valence-electron chi connectivity index (χ2n) is 11.3. The van der Waals surface area contributed by atoms with Crippen LogP contribution in [0.5, 0.6) is 0 Å². The molecule has 41 heteroatoms. The van der Waals surface area contributed by atoms with Crippen LogP contribution in [-0.4, -0.2) is 144 Å². The standard InChI is InChI=1S/2C6H6N6O2.C6H9N5O2.C5H4N6O2.C4H3N5O.HNO2.Na/c1-11-6(14)12-2-8-3(4(7)13)5(12)9-10-11;1-9-6(14)12-2-10-3(4(7)13)5(12)11-8;1-9-6(13)11-2-10-3(4(11)7)5(8)12;6-5(13)11-1-7-2-3(11)8-10-9-4(2)12;10-4-2-3(6-1-5-2)7-9-8-4;2-1-3;/h2H,1H3,(H2,7,13);2H,1H3,(H2-,7,9,13,14);2H,7H2,1H3,(H2,8,12)(H,9,13);1H,(H2,6,13)(H,8,9,12);1H,(H2,5,6,7,8,10);(H,2,3);/q;;;;;;+1. The Morgan fingerprint density at radius 2 is 1.26 bits per heavy atom. The minimum absolute atomic E-state index is 0. The number of aryl methyl sites for hydroxylation is 1. The molecule has 348 valence electrons. The maximum absolute atomic E-state index is 11.4. The summed E-state index contributed by atoms with van der Waals surface area (Å²) in [6.07, 6.45) is 5.88. The van der Waals surface area contributed by atoms with E-state index in [4.69, 9.17) is 44.2 Å². The van der Waals surface area contributed by atoms with Gasteiger partial charge in [-0.15, -0.1) is 25.2 Å². The SMILES string of the molecule is CNC(=O)n1cnc(C(N)=O)c1N.CNC(=O)n1cnc(C(N)=O)c1[N+]#N.Cn1nnc2c(C(N)=O)ncn2c1=O.NC(=O)n1cnc2c(=O)[nH]nnc21.O=N[O-].O=c1[nH]nnc2nc[nH]c12.[Na+]. The van der Waals surface area contributed by atoms with Crippen LogP contribution >= 0.6 is 0 Å². The number of H-pyrrole nitrogens is 3. The van der Waals surface area contributed by atoms with Crippen LogP contribution in [0.4, 0.5) is 26.0 Å². The fraction of sp³-hybridized carbons (Fsp3) is 0.111. The Bertz CT molecular complexity index is 3350. The molecule has 6 amide bonds. The van der Waals surface area contributed by atoms with E-state index in [1.807, 2.05) is 0 Å². The van der Waals surface area contributed by atoms with Crippen LogP contribution in [0.25, 0.3) is 33.0 Å². The first-order chi connectivity index (χ1) is 31.8. The van der Waals surface area contributed by atoms with Gasteiger partial charge in [0, 0.05) is 26.1 Å². The number of imidazole rings is 5. The van der Waals surface area contributed by atoms with Crippen molar-refractivity contribution in [2.24, 2.45) is 35.3 Å². The van der Waals surface area contributed by atoms with E-state index in [9.17, 15) is 43.2 Å². The van der Waals surface area contributed by atoms with E-state index in [-0.39, 0.29) is 80.6 Å². The van der Waals surface area contributed by atoms with Crippen LogP contribution in [0.1, 0.15) is 31.5 Å². The molecule has 0 saturated heterocycles. The number of diazo groups is 1. The number of primary amides is 4. The predicted molar refractivity (Wildman–Crippen MR) is 217 cm³/mol. The zero-order valence-corrected chi connectivity index (χ0v) is 36.8. The molecule has 0 aromatic carbocycles. The van der Waals surface area contributed by atoms with Gasteiger partial charge in [0.1, 0.15) is 24.8 Å². The fourth-order valence-corrected chi connectivity index (χ4v) is 4.40. The summed E-state index contributed by atoms with van der Waals surface area (Å²) in [6.45, 7) is 0. The number of anilines is 1. The Labute approximate surface area is 392 Å². The maximum Gasteiger partial charge on any atom is 1.00 e. The van der Waals surface area contributed by atoms with E-state index in [1.165, 1.54) is 33.8 Å². The molecule has 0 fully saturated rings.